The molecule has 0 saturated carbocycles. The van der Waals surface area contributed by atoms with Gasteiger partial charge in [-0.15, -0.1) is 0 Å². The van der Waals surface area contributed by atoms with Crippen LogP contribution in [0.25, 0.3) is 11.0 Å². The maximum absolute atomic E-state index is 4.82. The first-order chi connectivity index (χ1) is 9.69. The van der Waals surface area contributed by atoms with Gasteiger partial charge in [-0.2, -0.15) is 0 Å². The average Bonchev–Trinajstić information content (AvgIpc) is 2.89. The van der Waals surface area contributed by atoms with Crippen molar-refractivity contribution in [1.82, 2.24) is 14.9 Å². The van der Waals surface area contributed by atoms with Crippen LogP contribution in [0, 0.1) is 13.8 Å². The number of aromatic amines is 1. The summed E-state index contributed by atoms with van der Waals surface area (Å²) in [5, 5.41) is 0. The van der Waals surface area contributed by atoms with Gasteiger partial charge in [0.1, 0.15) is 0 Å². The summed E-state index contributed by atoms with van der Waals surface area (Å²) in [7, 11) is 0. The summed E-state index contributed by atoms with van der Waals surface area (Å²) in [5.41, 5.74) is 4.87. The molecule has 0 radical (unpaired) electrons. The lowest BCUT2D eigenvalue weighted by molar-refractivity contribution is 0.257. The first-order valence-corrected chi connectivity index (χ1v) is 7.62. The highest BCUT2D eigenvalue weighted by Crippen LogP contribution is 2.23. The molecule has 4 heteroatoms. The molecule has 0 atom stereocenters. The second-order valence-electron chi connectivity index (χ2n) is 5.79. The van der Waals surface area contributed by atoms with Gasteiger partial charge in [-0.25, -0.2) is 4.98 Å². The number of nitrogens with zero attached hydrogens (tertiary/aromatic N) is 3. The Hall–Kier alpha value is -1.55. The van der Waals surface area contributed by atoms with Crippen LogP contribution in [-0.4, -0.2) is 47.6 Å². The molecular formula is C16H24N4. The van der Waals surface area contributed by atoms with Gasteiger partial charge in [0.25, 0.3) is 0 Å². The molecule has 1 aromatic carbocycles. The van der Waals surface area contributed by atoms with E-state index in [4.69, 9.17) is 4.98 Å². The first-order valence-electron chi connectivity index (χ1n) is 7.62. The predicted molar refractivity (Wildman–Crippen MR) is 84.5 cm³/mol. The fourth-order valence-corrected chi connectivity index (χ4v) is 2.95. The number of hydrogen-bond acceptors (Lipinski definition) is 3. The Morgan fingerprint density at radius 1 is 1.15 bits per heavy atom. The lowest BCUT2D eigenvalue weighted by Gasteiger charge is -2.34. The molecule has 1 N–H and O–H groups in total. The van der Waals surface area contributed by atoms with Crippen molar-refractivity contribution in [2.75, 3.05) is 37.6 Å². The fraction of sp³-hybridized carbons (Fsp3) is 0.562. The van der Waals surface area contributed by atoms with E-state index in [1.165, 1.54) is 24.1 Å². The van der Waals surface area contributed by atoms with Gasteiger partial charge < -0.3 is 9.88 Å². The Kier molecular flexibility index (Phi) is 3.66. The van der Waals surface area contributed by atoms with Gasteiger partial charge in [0.2, 0.25) is 5.95 Å². The zero-order valence-corrected chi connectivity index (χ0v) is 12.7. The third-order valence-electron chi connectivity index (χ3n) is 4.38. The van der Waals surface area contributed by atoms with Crippen LogP contribution in [0.4, 0.5) is 5.95 Å². The SMILES string of the molecule is CCCN1CCN(c2nc3c(C)c(C)ccc3[nH]2)CC1. The number of aromatic nitrogens is 2. The summed E-state index contributed by atoms with van der Waals surface area (Å²) >= 11 is 0. The van der Waals surface area contributed by atoms with Gasteiger partial charge in [0.15, 0.2) is 0 Å². The van der Waals surface area contributed by atoms with Crippen molar-refractivity contribution in [2.45, 2.75) is 27.2 Å². The number of H-pyrrole nitrogens is 1. The quantitative estimate of drug-likeness (QED) is 0.933. The molecule has 1 aliphatic heterocycles. The van der Waals surface area contributed by atoms with E-state index < -0.39 is 0 Å². The van der Waals surface area contributed by atoms with Crippen LogP contribution in [-0.2, 0) is 0 Å². The Morgan fingerprint density at radius 2 is 1.90 bits per heavy atom. The molecule has 1 aromatic heterocycles. The molecule has 108 valence electrons. The number of imidazole rings is 1. The van der Waals surface area contributed by atoms with Gasteiger partial charge in [-0.3, -0.25) is 4.90 Å². The van der Waals surface area contributed by atoms with E-state index in [9.17, 15) is 0 Å². The van der Waals surface area contributed by atoms with Gasteiger partial charge in [-0.05, 0) is 44.0 Å². The smallest absolute Gasteiger partial charge is 0.203 e. The fourth-order valence-electron chi connectivity index (χ4n) is 2.95. The molecule has 0 amide bonds. The number of nitrogens with one attached hydrogen (secondary N) is 1. The summed E-state index contributed by atoms with van der Waals surface area (Å²) < 4.78 is 0. The van der Waals surface area contributed by atoms with Gasteiger partial charge in [0.05, 0.1) is 11.0 Å². The number of piperazine rings is 1. The molecule has 1 fully saturated rings. The average molecular weight is 272 g/mol. The summed E-state index contributed by atoms with van der Waals surface area (Å²) in [4.78, 5) is 13.2. The molecule has 3 rings (SSSR count). The van der Waals surface area contributed by atoms with E-state index in [0.717, 1.165) is 43.2 Å². The second kappa shape index (κ2) is 5.44. The molecule has 1 aliphatic rings. The number of hydrogen-bond donors (Lipinski definition) is 1. The van der Waals surface area contributed by atoms with E-state index in [1.807, 2.05) is 0 Å². The van der Waals surface area contributed by atoms with Crippen LogP contribution in [0.2, 0.25) is 0 Å². The van der Waals surface area contributed by atoms with Crippen molar-refractivity contribution >= 4 is 17.0 Å². The number of anilines is 1. The van der Waals surface area contributed by atoms with Crippen molar-refractivity contribution in [3.05, 3.63) is 23.3 Å². The molecule has 1 saturated heterocycles. The van der Waals surface area contributed by atoms with E-state index in [-0.39, 0.29) is 0 Å². The first kappa shape index (κ1) is 13.4. The maximum atomic E-state index is 4.82. The van der Waals surface area contributed by atoms with Crippen LogP contribution in [0.3, 0.4) is 0 Å². The monoisotopic (exact) mass is 272 g/mol. The minimum atomic E-state index is 1.03. The van der Waals surface area contributed by atoms with E-state index in [1.54, 1.807) is 0 Å². The third-order valence-corrected chi connectivity index (χ3v) is 4.38. The maximum Gasteiger partial charge on any atom is 0.203 e. The highest BCUT2D eigenvalue weighted by molar-refractivity contribution is 5.82. The molecule has 20 heavy (non-hydrogen) atoms. The highest BCUT2D eigenvalue weighted by Gasteiger charge is 2.19. The Labute approximate surface area is 120 Å². The van der Waals surface area contributed by atoms with Crippen molar-refractivity contribution < 1.29 is 0 Å². The number of benzene rings is 1. The van der Waals surface area contributed by atoms with E-state index in [0.29, 0.717) is 0 Å². The van der Waals surface area contributed by atoms with Crippen LogP contribution in [0.5, 0.6) is 0 Å². The molecule has 2 aromatic rings. The third kappa shape index (κ3) is 2.40. The van der Waals surface area contributed by atoms with Crippen molar-refractivity contribution in [2.24, 2.45) is 0 Å². The minimum Gasteiger partial charge on any atom is -0.340 e. The van der Waals surface area contributed by atoms with Crippen LogP contribution in [0.15, 0.2) is 12.1 Å². The van der Waals surface area contributed by atoms with Crippen molar-refractivity contribution in [3.8, 4) is 0 Å². The van der Waals surface area contributed by atoms with Crippen molar-refractivity contribution in [3.63, 3.8) is 0 Å². The van der Waals surface area contributed by atoms with E-state index in [2.05, 4.69) is 47.7 Å². The molecule has 0 unspecified atom stereocenters. The van der Waals surface area contributed by atoms with Gasteiger partial charge >= 0.3 is 0 Å². The molecule has 2 heterocycles. The standard InChI is InChI=1S/C16H24N4/c1-4-7-19-8-10-20(11-9-19)16-17-14-6-5-12(2)13(3)15(14)18-16/h5-6H,4,7-11H2,1-3H3,(H,17,18). The molecular weight excluding hydrogens is 248 g/mol. The normalized spacial score (nSPS) is 17.1. The number of rotatable bonds is 3. The van der Waals surface area contributed by atoms with Crippen LogP contribution < -0.4 is 4.90 Å². The molecule has 0 aliphatic carbocycles. The summed E-state index contributed by atoms with van der Waals surface area (Å²) in [6.07, 6.45) is 1.24. The second-order valence-corrected chi connectivity index (χ2v) is 5.79. The van der Waals surface area contributed by atoms with Gasteiger partial charge in [0, 0.05) is 26.2 Å². The van der Waals surface area contributed by atoms with Crippen molar-refractivity contribution in [1.29, 1.82) is 0 Å². The van der Waals surface area contributed by atoms with Crippen LogP contribution >= 0.6 is 0 Å². The van der Waals surface area contributed by atoms with E-state index >= 15 is 0 Å². The number of aryl methyl sites for hydroxylation is 2. The lowest BCUT2D eigenvalue weighted by Crippen LogP contribution is -2.46. The molecule has 0 spiro atoms. The number of fused-ring (bicyclic) bond motifs is 1. The zero-order valence-electron chi connectivity index (χ0n) is 12.7. The largest absolute Gasteiger partial charge is 0.340 e. The Balaban J connectivity index is 1.80. The van der Waals surface area contributed by atoms with Gasteiger partial charge in [-0.1, -0.05) is 13.0 Å². The lowest BCUT2D eigenvalue weighted by atomic mass is 10.1. The Bertz CT molecular complexity index is 594. The molecule has 0 bridgehead atoms. The predicted octanol–water partition coefficient (Wildman–Crippen LogP) is 2.71. The topological polar surface area (TPSA) is 35.2 Å². The molecule has 4 nitrogen and oxygen atoms in total. The summed E-state index contributed by atoms with van der Waals surface area (Å²) in [6, 6.07) is 4.31. The zero-order chi connectivity index (χ0) is 14.1. The minimum absolute atomic E-state index is 1.03. The highest BCUT2D eigenvalue weighted by atomic mass is 15.3. The summed E-state index contributed by atoms with van der Waals surface area (Å²) in [5.74, 6) is 1.03. The Morgan fingerprint density at radius 3 is 2.60 bits per heavy atom. The summed E-state index contributed by atoms with van der Waals surface area (Å²) in [6.45, 7) is 12.2. The van der Waals surface area contributed by atoms with Crippen LogP contribution in [0.1, 0.15) is 24.5 Å².